The number of aliphatic hydroxyl groups is 1. The smallest absolute Gasteiger partial charge is 0.337 e. The van der Waals surface area contributed by atoms with Gasteiger partial charge in [-0.25, -0.2) is 9.59 Å². The third-order valence-corrected chi connectivity index (χ3v) is 7.43. The molecule has 1 rings (SSSR count). The topological polar surface area (TPSA) is 199 Å². The van der Waals surface area contributed by atoms with Gasteiger partial charge in [-0.2, -0.15) is 0 Å². The van der Waals surface area contributed by atoms with Gasteiger partial charge in [0.2, 0.25) is 5.91 Å². The molecule has 0 radical (unpaired) electrons. The van der Waals surface area contributed by atoms with Crippen molar-refractivity contribution in [2.45, 2.75) is 121 Å². The van der Waals surface area contributed by atoms with Gasteiger partial charge in [0.15, 0.2) is 5.60 Å². The van der Waals surface area contributed by atoms with E-state index in [9.17, 15) is 49.5 Å². The van der Waals surface area contributed by atoms with E-state index in [4.69, 9.17) is 0 Å². The van der Waals surface area contributed by atoms with Gasteiger partial charge < -0.3 is 30.8 Å². The minimum Gasteiger partial charge on any atom is -0.508 e. The highest BCUT2D eigenvalue weighted by Gasteiger charge is 2.49. The largest absolute Gasteiger partial charge is 0.508 e. The van der Waals surface area contributed by atoms with Crippen molar-refractivity contribution in [2.75, 3.05) is 0 Å². The zero-order valence-corrected chi connectivity index (χ0v) is 24.6. The molecule has 236 valence electrons. The monoisotopic (exact) mass is 593 g/mol. The molecule has 0 aliphatic rings. The van der Waals surface area contributed by atoms with Gasteiger partial charge in [-0.05, 0) is 37.0 Å². The second-order valence-electron chi connectivity index (χ2n) is 11.0. The molecule has 1 amide bonds. The Morgan fingerprint density at radius 2 is 1.31 bits per heavy atom. The van der Waals surface area contributed by atoms with E-state index in [-0.39, 0.29) is 24.4 Å². The summed E-state index contributed by atoms with van der Waals surface area (Å²) in [5.74, 6) is -7.43. The Morgan fingerprint density at radius 3 is 1.81 bits per heavy atom. The van der Waals surface area contributed by atoms with E-state index in [1.165, 1.54) is 30.7 Å². The number of unbranched alkanes of at least 4 members (excludes halogenated alkanes) is 9. The number of rotatable bonds is 24. The van der Waals surface area contributed by atoms with Crippen LogP contribution in [0.2, 0.25) is 0 Å². The number of carbonyl (C=O) groups excluding carboxylic acids is 2. The molecule has 0 aromatic heterocycles. The first-order chi connectivity index (χ1) is 19.9. The molecule has 1 aromatic carbocycles. The molecule has 0 saturated carbocycles. The maximum absolute atomic E-state index is 13.2. The fourth-order valence-corrected chi connectivity index (χ4v) is 4.93. The zero-order valence-electron chi connectivity index (χ0n) is 24.6. The number of benzene rings is 1. The van der Waals surface area contributed by atoms with Crippen LogP contribution in [0.4, 0.5) is 0 Å². The number of phenolic OH excluding ortho intramolecular Hbond substituents is 1. The summed E-state index contributed by atoms with van der Waals surface area (Å²) in [6, 6.07) is 4.16. The summed E-state index contributed by atoms with van der Waals surface area (Å²) in [7, 11) is 0. The van der Waals surface area contributed by atoms with Gasteiger partial charge >= 0.3 is 17.9 Å². The van der Waals surface area contributed by atoms with E-state index in [2.05, 4.69) is 12.2 Å². The second-order valence-corrected chi connectivity index (χ2v) is 11.0. The predicted octanol–water partition coefficient (Wildman–Crippen LogP) is 4.46. The Morgan fingerprint density at radius 1 is 0.786 bits per heavy atom. The number of hydrogen-bond donors (Lipinski definition) is 6. The van der Waals surface area contributed by atoms with Gasteiger partial charge in [-0.1, -0.05) is 76.8 Å². The average Bonchev–Trinajstić information content (AvgIpc) is 2.92. The highest BCUT2D eigenvalue weighted by molar-refractivity contribution is 5.93. The van der Waals surface area contributed by atoms with E-state index >= 15 is 0 Å². The number of amides is 1. The Labute approximate surface area is 247 Å². The fourth-order valence-electron chi connectivity index (χ4n) is 4.93. The van der Waals surface area contributed by atoms with Gasteiger partial charge in [-0.15, -0.1) is 0 Å². The third-order valence-electron chi connectivity index (χ3n) is 7.43. The normalized spacial score (nSPS) is 14.0. The van der Waals surface area contributed by atoms with Crippen LogP contribution in [0.15, 0.2) is 24.3 Å². The lowest BCUT2D eigenvalue weighted by molar-refractivity contribution is -0.175. The van der Waals surface area contributed by atoms with Crippen LogP contribution < -0.4 is 5.32 Å². The van der Waals surface area contributed by atoms with E-state index in [0.717, 1.165) is 51.4 Å². The van der Waals surface area contributed by atoms with E-state index in [0.29, 0.717) is 31.2 Å². The van der Waals surface area contributed by atoms with Crippen LogP contribution >= 0.6 is 0 Å². The predicted molar refractivity (Wildman–Crippen MR) is 155 cm³/mol. The molecule has 0 bridgehead atoms. The fraction of sp³-hybridized carbons (Fsp3) is 0.645. The summed E-state index contributed by atoms with van der Waals surface area (Å²) in [6.45, 7) is 2.15. The number of phenols is 1. The molecule has 0 aliphatic carbocycles. The van der Waals surface area contributed by atoms with Crippen molar-refractivity contribution < 1.29 is 49.5 Å². The first-order valence-corrected chi connectivity index (χ1v) is 14.9. The molecular formula is C31H47NO10. The Balaban J connectivity index is 2.69. The number of carbonyl (C=O) groups is 5. The highest BCUT2D eigenvalue weighted by atomic mass is 16.4. The van der Waals surface area contributed by atoms with Crippen LogP contribution in [0.5, 0.6) is 5.75 Å². The van der Waals surface area contributed by atoms with E-state index in [1.54, 1.807) is 0 Å². The quantitative estimate of drug-likeness (QED) is 0.0930. The number of aliphatic carboxylic acids is 3. The zero-order chi connectivity index (χ0) is 31.5. The van der Waals surface area contributed by atoms with Gasteiger partial charge in [0.05, 0.1) is 12.3 Å². The lowest BCUT2D eigenvalue weighted by atomic mass is 9.80. The summed E-state index contributed by atoms with van der Waals surface area (Å²) in [5.41, 5.74) is -2.46. The van der Waals surface area contributed by atoms with Gasteiger partial charge in [-0.3, -0.25) is 14.4 Å². The van der Waals surface area contributed by atoms with E-state index < -0.39 is 47.8 Å². The molecule has 0 saturated heterocycles. The van der Waals surface area contributed by atoms with Crippen molar-refractivity contribution in [3.05, 3.63) is 29.8 Å². The summed E-state index contributed by atoms with van der Waals surface area (Å²) < 4.78 is 0. The number of Topliss-reactive ketones (excluding diaryl/α,β-unsaturated/α-hetero) is 1. The lowest BCUT2D eigenvalue weighted by Gasteiger charge is -2.31. The number of ketones is 1. The van der Waals surface area contributed by atoms with Crippen molar-refractivity contribution >= 4 is 29.6 Å². The maximum atomic E-state index is 13.2. The number of nitrogens with one attached hydrogen (secondary N) is 1. The minimum absolute atomic E-state index is 0.0310. The number of hydrogen-bond acceptors (Lipinski definition) is 7. The van der Waals surface area contributed by atoms with Crippen molar-refractivity contribution in [1.82, 2.24) is 5.32 Å². The highest BCUT2D eigenvalue weighted by Crippen LogP contribution is 2.29. The number of carboxylic acid groups (broad SMARTS) is 3. The standard InChI is InChI=1S/C31H47NO10/c1-2-3-4-7-10-13-23(33)14-11-8-5-6-9-12-15-25(31(42,30(40)41)21-27(35)36)28(37)32-26(29(38)39)20-22-16-18-24(34)19-17-22/h16-19,25-26,34,42H,2-15,20-21H2,1H3,(H,32,37)(H,35,36)(H,38,39)(H,40,41)/t25-,26-,31-/m0/s1. The van der Waals surface area contributed by atoms with Crippen LogP contribution in [-0.2, 0) is 30.4 Å². The molecule has 0 aliphatic heterocycles. The van der Waals surface area contributed by atoms with Crippen molar-refractivity contribution in [3.63, 3.8) is 0 Å². The molecule has 11 nitrogen and oxygen atoms in total. The van der Waals surface area contributed by atoms with Crippen molar-refractivity contribution in [1.29, 1.82) is 0 Å². The maximum Gasteiger partial charge on any atom is 0.337 e. The summed E-state index contributed by atoms with van der Waals surface area (Å²) in [5, 5.41) is 51.1. The second kappa shape index (κ2) is 19.6. The van der Waals surface area contributed by atoms with Crippen LogP contribution in [-0.4, -0.2) is 66.8 Å². The number of carboxylic acids is 3. The molecule has 0 unspecified atom stereocenters. The average molecular weight is 594 g/mol. The van der Waals surface area contributed by atoms with Crippen LogP contribution in [0.1, 0.15) is 109 Å². The Kier molecular flexibility index (Phi) is 17.1. The van der Waals surface area contributed by atoms with Crippen molar-refractivity contribution in [3.8, 4) is 5.75 Å². The lowest BCUT2D eigenvalue weighted by Crippen LogP contribution is -2.56. The Bertz CT molecular complexity index is 1010. The van der Waals surface area contributed by atoms with Crippen LogP contribution in [0.3, 0.4) is 0 Å². The first-order valence-electron chi connectivity index (χ1n) is 14.9. The SMILES string of the molecule is CCCCCCCC(=O)CCCCCCCC[C@@H](C(=O)N[C@@H](Cc1ccc(O)cc1)C(=O)O)[C@@](O)(CC(=O)O)C(=O)O. The molecule has 0 spiro atoms. The van der Waals surface area contributed by atoms with Crippen LogP contribution in [0, 0.1) is 5.92 Å². The Hall–Kier alpha value is -3.47. The molecular weight excluding hydrogens is 546 g/mol. The molecule has 0 fully saturated rings. The molecule has 0 heterocycles. The minimum atomic E-state index is -2.94. The van der Waals surface area contributed by atoms with Gasteiger partial charge in [0, 0.05) is 19.3 Å². The summed E-state index contributed by atoms with van der Waals surface area (Å²) >= 11 is 0. The summed E-state index contributed by atoms with van der Waals surface area (Å²) in [4.78, 5) is 60.4. The molecule has 42 heavy (non-hydrogen) atoms. The summed E-state index contributed by atoms with van der Waals surface area (Å²) in [6.07, 6.45) is 9.20. The molecule has 6 N–H and O–H groups in total. The molecule has 1 aromatic rings. The van der Waals surface area contributed by atoms with Crippen molar-refractivity contribution in [2.24, 2.45) is 5.92 Å². The first kappa shape index (κ1) is 36.6. The molecule has 3 atom stereocenters. The van der Waals surface area contributed by atoms with Crippen LogP contribution in [0.25, 0.3) is 0 Å². The molecule has 11 heteroatoms. The van der Waals surface area contributed by atoms with Gasteiger partial charge in [0.1, 0.15) is 17.6 Å². The van der Waals surface area contributed by atoms with E-state index in [1.807, 2.05) is 0 Å². The third kappa shape index (κ3) is 13.9. The van der Waals surface area contributed by atoms with Gasteiger partial charge in [0.25, 0.3) is 0 Å². The number of aromatic hydroxyl groups is 1.